The van der Waals surface area contributed by atoms with Crippen molar-refractivity contribution >= 4 is 11.4 Å². The topological polar surface area (TPSA) is 42.1 Å². The predicted octanol–water partition coefficient (Wildman–Crippen LogP) is 3.79. The minimum Gasteiger partial charge on any atom is -0.340 e. The average Bonchev–Trinajstić information content (AvgIpc) is 2.48. The van der Waals surface area contributed by atoms with Crippen LogP contribution in [0.1, 0.15) is 32.0 Å². The highest BCUT2D eigenvalue weighted by atomic mass is 19.1. The third-order valence-corrected chi connectivity index (χ3v) is 3.34. The van der Waals surface area contributed by atoms with Crippen molar-refractivity contribution in [2.75, 3.05) is 11.4 Å². The number of aromatic nitrogens is 1. The van der Waals surface area contributed by atoms with Crippen molar-refractivity contribution in [3.8, 4) is 0 Å². The maximum atomic E-state index is 13.3. The predicted molar refractivity (Wildman–Crippen MR) is 80.5 cm³/mol. The van der Waals surface area contributed by atoms with Crippen LogP contribution in [-0.2, 0) is 0 Å². The maximum Gasteiger partial charge on any atom is 0.125 e. The van der Waals surface area contributed by atoms with Crippen LogP contribution < -0.4 is 10.6 Å². The van der Waals surface area contributed by atoms with Gasteiger partial charge in [-0.2, -0.15) is 0 Å². The molecule has 20 heavy (non-hydrogen) atoms. The normalized spacial score (nSPS) is 12.2. The molecule has 0 saturated heterocycles. The van der Waals surface area contributed by atoms with Gasteiger partial charge in [0.15, 0.2) is 0 Å². The number of rotatable bonds is 5. The number of nitrogens with zero attached hydrogens (tertiary/aromatic N) is 2. The Morgan fingerprint density at radius 1 is 1.20 bits per heavy atom. The molecule has 0 aliphatic heterocycles. The second-order valence-electron chi connectivity index (χ2n) is 4.68. The molecule has 0 aliphatic rings. The van der Waals surface area contributed by atoms with E-state index in [4.69, 9.17) is 5.73 Å². The van der Waals surface area contributed by atoms with Gasteiger partial charge in [-0.3, -0.25) is 4.98 Å². The lowest BCUT2D eigenvalue weighted by atomic mass is 10.1. The molecule has 1 unspecified atom stereocenters. The van der Waals surface area contributed by atoms with Crippen molar-refractivity contribution < 1.29 is 4.39 Å². The first-order valence-electron chi connectivity index (χ1n) is 6.90. The van der Waals surface area contributed by atoms with Gasteiger partial charge in [0.25, 0.3) is 0 Å². The van der Waals surface area contributed by atoms with Gasteiger partial charge in [0.2, 0.25) is 0 Å². The van der Waals surface area contributed by atoms with E-state index in [0.717, 1.165) is 30.0 Å². The molecule has 1 heterocycles. The number of halogens is 1. The quantitative estimate of drug-likeness (QED) is 0.901. The summed E-state index contributed by atoms with van der Waals surface area (Å²) in [4.78, 5) is 6.42. The minimum atomic E-state index is -0.237. The van der Waals surface area contributed by atoms with E-state index in [9.17, 15) is 4.39 Å². The lowest BCUT2D eigenvalue weighted by Crippen LogP contribution is -2.17. The Hall–Kier alpha value is -1.94. The molecule has 0 aliphatic carbocycles. The molecule has 3 nitrogen and oxygen atoms in total. The van der Waals surface area contributed by atoms with Crippen molar-refractivity contribution in [1.29, 1.82) is 0 Å². The number of hydrogen-bond acceptors (Lipinski definition) is 3. The molecular formula is C16H20FN3. The number of anilines is 2. The van der Waals surface area contributed by atoms with Crippen LogP contribution in [0.5, 0.6) is 0 Å². The Bertz CT molecular complexity index is 554. The number of hydrogen-bond donors (Lipinski definition) is 1. The molecule has 106 valence electrons. The van der Waals surface area contributed by atoms with Crippen LogP contribution in [0.2, 0.25) is 0 Å². The van der Waals surface area contributed by atoms with Gasteiger partial charge >= 0.3 is 0 Å². The molecule has 0 radical (unpaired) electrons. The SMILES string of the molecule is CCC(N)c1ccc(N(CC)c2cccc(F)c2)cn1. The van der Waals surface area contributed by atoms with Crippen LogP contribution >= 0.6 is 0 Å². The molecule has 2 aromatic rings. The number of nitrogens with two attached hydrogens (primary N) is 1. The Kier molecular flexibility index (Phi) is 4.69. The van der Waals surface area contributed by atoms with Crippen molar-refractivity contribution in [3.63, 3.8) is 0 Å². The van der Waals surface area contributed by atoms with Crippen LogP contribution in [0.3, 0.4) is 0 Å². The van der Waals surface area contributed by atoms with Crippen LogP contribution in [0.4, 0.5) is 15.8 Å². The van der Waals surface area contributed by atoms with E-state index in [1.807, 2.05) is 36.9 Å². The largest absolute Gasteiger partial charge is 0.340 e. The first kappa shape index (κ1) is 14.5. The molecule has 4 heteroatoms. The van der Waals surface area contributed by atoms with Gasteiger partial charge < -0.3 is 10.6 Å². The zero-order valence-electron chi connectivity index (χ0n) is 11.9. The summed E-state index contributed by atoms with van der Waals surface area (Å²) in [5.74, 6) is -0.237. The van der Waals surface area contributed by atoms with E-state index < -0.39 is 0 Å². The van der Waals surface area contributed by atoms with Crippen molar-refractivity contribution in [2.24, 2.45) is 5.73 Å². The highest BCUT2D eigenvalue weighted by molar-refractivity contribution is 5.62. The molecule has 2 N–H and O–H groups in total. The summed E-state index contributed by atoms with van der Waals surface area (Å²) in [7, 11) is 0. The van der Waals surface area contributed by atoms with Crippen molar-refractivity contribution in [1.82, 2.24) is 4.98 Å². The summed E-state index contributed by atoms with van der Waals surface area (Å²) in [5.41, 5.74) is 8.60. The molecule has 0 bridgehead atoms. The van der Waals surface area contributed by atoms with E-state index in [1.54, 1.807) is 12.3 Å². The first-order valence-corrected chi connectivity index (χ1v) is 6.90. The van der Waals surface area contributed by atoms with Crippen LogP contribution in [0.25, 0.3) is 0 Å². The summed E-state index contributed by atoms with van der Waals surface area (Å²) in [5, 5.41) is 0. The van der Waals surface area contributed by atoms with Gasteiger partial charge in [-0.15, -0.1) is 0 Å². The van der Waals surface area contributed by atoms with Gasteiger partial charge in [-0.1, -0.05) is 13.0 Å². The first-order chi connectivity index (χ1) is 9.65. The lowest BCUT2D eigenvalue weighted by Gasteiger charge is -2.23. The average molecular weight is 273 g/mol. The third-order valence-electron chi connectivity index (χ3n) is 3.34. The monoisotopic (exact) mass is 273 g/mol. The Labute approximate surface area is 119 Å². The Morgan fingerprint density at radius 3 is 2.55 bits per heavy atom. The van der Waals surface area contributed by atoms with Crippen molar-refractivity contribution in [3.05, 3.63) is 54.1 Å². The highest BCUT2D eigenvalue weighted by Crippen LogP contribution is 2.25. The van der Waals surface area contributed by atoms with Gasteiger partial charge in [0, 0.05) is 18.3 Å². The molecule has 0 saturated carbocycles. The van der Waals surface area contributed by atoms with E-state index in [1.165, 1.54) is 12.1 Å². The Balaban J connectivity index is 2.28. The van der Waals surface area contributed by atoms with Crippen LogP contribution in [0.15, 0.2) is 42.6 Å². The molecular weight excluding hydrogens is 253 g/mol. The fourth-order valence-electron chi connectivity index (χ4n) is 2.14. The van der Waals surface area contributed by atoms with Gasteiger partial charge in [-0.25, -0.2) is 4.39 Å². The zero-order valence-corrected chi connectivity index (χ0v) is 11.9. The summed E-state index contributed by atoms with van der Waals surface area (Å²) in [6.45, 7) is 4.80. The summed E-state index contributed by atoms with van der Waals surface area (Å²) in [6, 6.07) is 10.4. The van der Waals surface area contributed by atoms with E-state index >= 15 is 0 Å². The molecule has 0 fully saturated rings. The smallest absolute Gasteiger partial charge is 0.125 e. The van der Waals surface area contributed by atoms with E-state index in [-0.39, 0.29) is 11.9 Å². The second kappa shape index (κ2) is 6.48. The van der Waals surface area contributed by atoms with Gasteiger partial charge in [-0.05, 0) is 43.7 Å². The van der Waals surface area contributed by atoms with E-state index in [0.29, 0.717) is 0 Å². The van der Waals surface area contributed by atoms with E-state index in [2.05, 4.69) is 4.98 Å². The fourth-order valence-corrected chi connectivity index (χ4v) is 2.14. The van der Waals surface area contributed by atoms with Crippen LogP contribution in [0, 0.1) is 5.82 Å². The second-order valence-corrected chi connectivity index (χ2v) is 4.68. The van der Waals surface area contributed by atoms with Crippen molar-refractivity contribution in [2.45, 2.75) is 26.3 Å². The number of pyridine rings is 1. The molecule has 1 aromatic heterocycles. The minimum absolute atomic E-state index is 0.0340. The number of benzene rings is 1. The maximum absolute atomic E-state index is 13.3. The zero-order chi connectivity index (χ0) is 14.5. The Morgan fingerprint density at radius 2 is 2.00 bits per heavy atom. The fraction of sp³-hybridized carbons (Fsp3) is 0.312. The molecule has 1 atom stereocenters. The summed E-state index contributed by atoms with van der Waals surface area (Å²) in [6.07, 6.45) is 2.65. The standard InChI is InChI=1S/C16H20FN3/c1-3-15(18)16-9-8-14(11-19-16)20(4-2)13-7-5-6-12(17)10-13/h5-11,15H,3-4,18H2,1-2H3. The molecule has 0 amide bonds. The lowest BCUT2D eigenvalue weighted by molar-refractivity contribution is 0.627. The molecule has 0 spiro atoms. The van der Waals surface area contributed by atoms with Gasteiger partial charge in [0.1, 0.15) is 5.82 Å². The molecule has 1 aromatic carbocycles. The highest BCUT2D eigenvalue weighted by Gasteiger charge is 2.10. The summed E-state index contributed by atoms with van der Waals surface area (Å²) < 4.78 is 13.3. The van der Waals surface area contributed by atoms with Gasteiger partial charge in [0.05, 0.1) is 17.6 Å². The third kappa shape index (κ3) is 3.14. The summed E-state index contributed by atoms with van der Waals surface area (Å²) >= 11 is 0. The molecule has 2 rings (SSSR count). The van der Waals surface area contributed by atoms with Crippen LogP contribution in [-0.4, -0.2) is 11.5 Å².